The Hall–Kier alpha value is -1.49. The molecule has 2 N–H and O–H groups in total. The minimum atomic E-state index is -0.428. The fourth-order valence-electron chi connectivity index (χ4n) is 0.672. The summed E-state index contributed by atoms with van der Waals surface area (Å²) in [5, 5.41) is 13.1. The van der Waals surface area contributed by atoms with E-state index in [0.29, 0.717) is 11.1 Å². The number of allylic oxidation sites excluding steroid dienone is 1. The van der Waals surface area contributed by atoms with Gasteiger partial charge in [-0.3, -0.25) is 4.79 Å². The minimum absolute atomic E-state index is 0.252. The molecule has 1 aromatic heterocycles. The van der Waals surface area contributed by atoms with Crippen molar-refractivity contribution in [1.29, 1.82) is 5.53 Å². The van der Waals surface area contributed by atoms with E-state index in [1.54, 1.807) is 17.5 Å². The Kier molecular flexibility index (Phi) is 2.71. The molecule has 1 aromatic rings. The van der Waals surface area contributed by atoms with Crippen LogP contribution in [0.15, 0.2) is 34.6 Å². The molecule has 5 heteroatoms. The summed E-state index contributed by atoms with van der Waals surface area (Å²) in [6.45, 7) is 0. The summed E-state index contributed by atoms with van der Waals surface area (Å²) < 4.78 is 0. The third-order valence-electron chi connectivity index (χ3n) is 1.22. The molecule has 0 saturated heterocycles. The monoisotopic (exact) mass is 182 g/mol. The summed E-state index contributed by atoms with van der Waals surface area (Å²) in [6, 6.07) is 3.33. The number of ketones is 1. The van der Waals surface area contributed by atoms with Crippen LogP contribution in [0.4, 0.5) is 0 Å². The van der Waals surface area contributed by atoms with E-state index in [2.05, 4.69) is 5.11 Å². The van der Waals surface area contributed by atoms with Crippen molar-refractivity contribution in [3.63, 3.8) is 0 Å². The van der Waals surface area contributed by atoms with Crippen molar-refractivity contribution in [2.75, 3.05) is 0 Å². The molecule has 1 heterocycles. The van der Waals surface area contributed by atoms with Gasteiger partial charge in [-0.05, 0) is 11.4 Å². The molecule has 0 saturated carbocycles. The molecular weight excluding hydrogens is 176 g/mol. The molecule has 12 heavy (non-hydrogen) atoms. The van der Waals surface area contributed by atoms with Gasteiger partial charge in [0, 0.05) is 0 Å². The van der Waals surface area contributed by atoms with Crippen LogP contribution in [-0.2, 0) is 0 Å². The van der Waals surface area contributed by atoms with Gasteiger partial charge < -0.3 is 5.11 Å². The Morgan fingerprint density at radius 2 is 2.50 bits per heavy atom. The van der Waals surface area contributed by atoms with E-state index in [1.807, 2.05) is 0 Å². The lowest BCUT2D eigenvalue weighted by Crippen LogP contribution is -1.97. The third kappa shape index (κ3) is 1.57. The average molecular weight is 182 g/mol. The first-order chi connectivity index (χ1) is 5.79. The normalized spacial score (nSPS) is 11.2. The molecule has 0 amide bonds. The van der Waals surface area contributed by atoms with Gasteiger partial charge >= 0.3 is 0 Å². The van der Waals surface area contributed by atoms with Crippen molar-refractivity contribution in [3.05, 3.63) is 34.3 Å². The highest BCUT2D eigenvalue weighted by Gasteiger charge is 2.12. The second-order valence-electron chi connectivity index (χ2n) is 1.93. The topological polar surface area (TPSA) is 73.5 Å². The molecular formula is C7H6N2O2S. The van der Waals surface area contributed by atoms with Gasteiger partial charge in [0.1, 0.15) is 6.26 Å². The van der Waals surface area contributed by atoms with Gasteiger partial charge in [0.25, 0.3) is 0 Å². The Bertz CT molecular complexity index is 316. The fourth-order valence-corrected chi connectivity index (χ4v) is 1.34. The molecule has 0 aliphatic rings. The number of nitrogens with one attached hydrogen (secondary N) is 1. The standard InChI is InChI=1S/C7H6N2O2S/c8-9-5(4-10)7(11)6-2-1-3-12-6/h1-4,8,10H/b5-4+,9-8?. The van der Waals surface area contributed by atoms with Crippen LogP contribution < -0.4 is 0 Å². The fraction of sp³-hybridized carbons (Fsp3) is 0. The number of aliphatic hydroxyl groups excluding tert-OH is 1. The molecule has 0 fully saturated rings. The third-order valence-corrected chi connectivity index (χ3v) is 2.09. The lowest BCUT2D eigenvalue weighted by molar-refractivity contribution is 0.103. The molecule has 0 bridgehead atoms. The maximum Gasteiger partial charge on any atom is 0.226 e. The van der Waals surface area contributed by atoms with E-state index in [-0.39, 0.29) is 5.70 Å². The van der Waals surface area contributed by atoms with Gasteiger partial charge in [-0.2, -0.15) is 5.11 Å². The van der Waals surface area contributed by atoms with Gasteiger partial charge in [0.15, 0.2) is 5.70 Å². The number of rotatable bonds is 3. The highest BCUT2D eigenvalue weighted by Crippen LogP contribution is 2.14. The molecule has 62 valence electrons. The van der Waals surface area contributed by atoms with Crippen molar-refractivity contribution in [3.8, 4) is 0 Å². The van der Waals surface area contributed by atoms with Crippen molar-refractivity contribution in [2.24, 2.45) is 5.11 Å². The number of carbonyl (C=O) groups excluding carboxylic acids is 1. The highest BCUT2D eigenvalue weighted by molar-refractivity contribution is 7.12. The van der Waals surface area contributed by atoms with Gasteiger partial charge in [0.2, 0.25) is 5.78 Å². The van der Waals surface area contributed by atoms with E-state index in [1.165, 1.54) is 11.3 Å². The van der Waals surface area contributed by atoms with E-state index in [0.717, 1.165) is 0 Å². The molecule has 0 atom stereocenters. The Morgan fingerprint density at radius 1 is 1.75 bits per heavy atom. The van der Waals surface area contributed by atoms with Gasteiger partial charge in [-0.15, -0.1) is 11.3 Å². The van der Waals surface area contributed by atoms with Crippen LogP contribution in [0.1, 0.15) is 9.67 Å². The second-order valence-corrected chi connectivity index (χ2v) is 2.88. The molecule has 0 unspecified atom stereocenters. The van der Waals surface area contributed by atoms with Crippen LogP contribution in [-0.4, -0.2) is 10.9 Å². The predicted molar refractivity (Wildman–Crippen MR) is 44.5 cm³/mol. The molecule has 0 aliphatic carbocycles. The molecule has 0 spiro atoms. The Morgan fingerprint density at radius 3 is 2.92 bits per heavy atom. The van der Waals surface area contributed by atoms with Crippen molar-refractivity contribution >= 4 is 17.1 Å². The van der Waals surface area contributed by atoms with Gasteiger partial charge in [-0.1, -0.05) is 6.07 Å². The van der Waals surface area contributed by atoms with E-state index in [4.69, 9.17) is 10.6 Å². The molecule has 1 rings (SSSR count). The number of Topliss-reactive ketones (excluding diaryl/α,β-unsaturated/α-hetero) is 1. The summed E-state index contributed by atoms with van der Waals surface area (Å²) in [5.74, 6) is -0.428. The first kappa shape index (κ1) is 8.61. The zero-order valence-corrected chi connectivity index (χ0v) is 6.84. The number of thiophene rings is 1. The van der Waals surface area contributed by atoms with Crippen molar-refractivity contribution in [1.82, 2.24) is 0 Å². The number of hydrogen-bond acceptors (Lipinski definition) is 5. The van der Waals surface area contributed by atoms with E-state index >= 15 is 0 Å². The van der Waals surface area contributed by atoms with Crippen LogP contribution in [0.2, 0.25) is 0 Å². The van der Waals surface area contributed by atoms with E-state index in [9.17, 15) is 4.79 Å². The van der Waals surface area contributed by atoms with Crippen molar-refractivity contribution in [2.45, 2.75) is 0 Å². The van der Waals surface area contributed by atoms with Crippen molar-refractivity contribution < 1.29 is 9.90 Å². The number of nitrogens with zero attached hydrogens (tertiary/aromatic N) is 1. The van der Waals surface area contributed by atoms with Gasteiger partial charge in [0.05, 0.1) is 4.88 Å². The summed E-state index contributed by atoms with van der Waals surface area (Å²) in [7, 11) is 0. The minimum Gasteiger partial charge on any atom is -0.513 e. The van der Waals surface area contributed by atoms with Crippen LogP contribution in [0.3, 0.4) is 0 Å². The SMILES string of the molecule is N=N/C(=C/O)C(=O)c1cccs1. The molecule has 0 aromatic carbocycles. The van der Waals surface area contributed by atoms with Crippen LogP contribution in [0.25, 0.3) is 0 Å². The molecule has 0 aliphatic heterocycles. The summed E-state index contributed by atoms with van der Waals surface area (Å²) in [5.41, 5.74) is 6.32. The zero-order valence-electron chi connectivity index (χ0n) is 6.02. The van der Waals surface area contributed by atoms with E-state index < -0.39 is 5.78 Å². The number of hydrogen-bond donors (Lipinski definition) is 2. The molecule has 0 radical (unpaired) electrons. The maximum absolute atomic E-state index is 11.2. The second kappa shape index (κ2) is 3.77. The maximum atomic E-state index is 11.2. The smallest absolute Gasteiger partial charge is 0.226 e. The summed E-state index contributed by atoms with van der Waals surface area (Å²) >= 11 is 1.25. The lowest BCUT2D eigenvalue weighted by Gasteiger charge is -1.92. The zero-order chi connectivity index (χ0) is 8.97. The Labute approximate surface area is 72.7 Å². The quantitative estimate of drug-likeness (QED) is 0.326. The summed E-state index contributed by atoms with van der Waals surface area (Å²) in [6.07, 6.45) is 0.537. The molecule has 4 nitrogen and oxygen atoms in total. The van der Waals surface area contributed by atoms with Crippen LogP contribution >= 0.6 is 11.3 Å². The first-order valence-electron chi connectivity index (χ1n) is 3.09. The first-order valence-corrected chi connectivity index (χ1v) is 3.97. The number of carbonyl (C=O) groups is 1. The average Bonchev–Trinajstić information content (AvgIpc) is 2.58. The highest BCUT2D eigenvalue weighted by atomic mass is 32.1. The Balaban J connectivity index is 2.93. The lowest BCUT2D eigenvalue weighted by atomic mass is 10.3. The van der Waals surface area contributed by atoms with Crippen LogP contribution in [0, 0.1) is 5.53 Å². The van der Waals surface area contributed by atoms with Crippen LogP contribution in [0.5, 0.6) is 0 Å². The van der Waals surface area contributed by atoms with Gasteiger partial charge in [-0.25, -0.2) is 5.53 Å². The predicted octanol–water partition coefficient (Wildman–Crippen LogP) is 2.36. The largest absolute Gasteiger partial charge is 0.513 e. The summed E-state index contributed by atoms with van der Waals surface area (Å²) in [4.78, 5) is 11.7. The number of aliphatic hydroxyl groups is 1.